The summed E-state index contributed by atoms with van der Waals surface area (Å²) >= 11 is 0. The van der Waals surface area contributed by atoms with Gasteiger partial charge in [0.05, 0.1) is 6.10 Å². The maximum absolute atomic E-state index is 9.48. The Morgan fingerprint density at radius 1 is 1.43 bits per heavy atom. The average Bonchev–Trinajstić information content (AvgIpc) is 2.18. The fourth-order valence-corrected chi connectivity index (χ4v) is 2.49. The quantitative estimate of drug-likeness (QED) is 0.706. The molecule has 0 saturated heterocycles. The number of hydrogen-bond donors (Lipinski definition) is 2. The number of nitrogens with zero attached hydrogens (tertiary/aromatic N) is 1. The summed E-state index contributed by atoms with van der Waals surface area (Å²) in [5.74, 6) is 0.763. The second kappa shape index (κ2) is 5.69. The van der Waals surface area contributed by atoms with Crippen molar-refractivity contribution in [3.05, 3.63) is 0 Å². The normalized spacial score (nSPS) is 30.6. The molecule has 14 heavy (non-hydrogen) atoms. The van der Waals surface area contributed by atoms with Gasteiger partial charge in [0.25, 0.3) is 0 Å². The molecule has 0 aromatic carbocycles. The molecule has 0 aromatic heterocycles. The van der Waals surface area contributed by atoms with Crippen molar-refractivity contribution in [1.82, 2.24) is 4.90 Å². The first-order valence-corrected chi connectivity index (χ1v) is 5.73. The number of hydrogen-bond acceptors (Lipinski definition) is 3. The SMILES string of the molecule is CC1CCCCC1N(C)CC(O)CN. The first kappa shape index (κ1) is 12.0. The smallest absolute Gasteiger partial charge is 0.0789 e. The highest BCUT2D eigenvalue weighted by Crippen LogP contribution is 2.27. The molecule has 1 saturated carbocycles. The Labute approximate surface area is 87.3 Å². The van der Waals surface area contributed by atoms with Gasteiger partial charge in [-0.25, -0.2) is 0 Å². The zero-order valence-electron chi connectivity index (χ0n) is 9.45. The van der Waals surface area contributed by atoms with Crippen LogP contribution in [0.4, 0.5) is 0 Å². The van der Waals surface area contributed by atoms with Crippen LogP contribution in [-0.2, 0) is 0 Å². The molecule has 3 nitrogen and oxygen atoms in total. The zero-order valence-corrected chi connectivity index (χ0v) is 9.45. The lowest BCUT2D eigenvalue weighted by Gasteiger charge is -2.37. The van der Waals surface area contributed by atoms with E-state index in [-0.39, 0.29) is 6.10 Å². The van der Waals surface area contributed by atoms with E-state index in [1.54, 1.807) is 0 Å². The van der Waals surface area contributed by atoms with Crippen LogP contribution in [0.1, 0.15) is 32.6 Å². The van der Waals surface area contributed by atoms with Crippen LogP contribution in [0.15, 0.2) is 0 Å². The van der Waals surface area contributed by atoms with Crippen LogP contribution in [-0.4, -0.2) is 42.3 Å². The Morgan fingerprint density at radius 3 is 2.64 bits per heavy atom. The fourth-order valence-electron chi connectivity index (χ4n) is 2.49. The summed E-state index contributed by atoms with van der Waals surface area (Å²) in [6.45, 7) is 3.39. The van der Waals surface area contributed by atoms with Gasteiger partial charge in [-0.1, -0.05) is 19.8 Å². The molecule has 0 spiro atoms. The van der Waals surface area contributed by atoms with Crippen LogP contribution < -0.4 is 5.73 Å². The molecule has 0 radical (unpaired) electrons. The van der Waals surface area contributed by atoms with E-state index < -0.39 is 0 Å². The maximum Gasteiger partial charge on any atom is 0.0789 e. The van der Waals surface area contributed by atoms with Gasteiger partial charge in [0.1, 0.15) is 0 Å². The van der Waals surface area contributed by atoms with Crippen LogP contribution in [0.3, 0.4) is 0 Å². The third kappa shape index (κ3) is 3.23. The molecule has 0 amide bonds. The summed E-state index contributed by atoms with van der Waals surface area (Å²) in [7, 11) is 2.10. The first-order chi connectivity index (χ1) is 6.65. The minimum atomic E-state index is -0.367. The molecule has 0 heterocycles. The summed E-state index contributed by atoms with van der Waals surface area (Å²) in [4.78, 5) is 2.28. The molecule has 1 aliphatic rings. The Balaban J connectivity index is 2.37. The van der Waals surface area contributed by atoms with E-state index in [0.717, 1.165) is 5.92 Å². The summed E-state index contributed by atoms with van der Waals surface area (Å²) in [6.07, 6.45) is 4.93. The van der Waals surface area contributed by atoms with E-state index in [2.05, 4.69) is 18.9 Å². The Kier molecular flexibility index (Phi) is 4.85. The number of aliphatic hydroxyl groups excluding tert-OH is 1. The molecule has 0 aromatic rings. The van der Waals surface area contributed by atoms with Gasteiger partial charge in [0.2, 0.25) is 0 Å². The van der Waals surface area contributed by atoms with Gasteiger partial charge in [0, 0.05) is 19.1 Å². The minimum absolute atomic E-state index is 0.367. The van der Waals surface area contributed by atoms with Crippen LogP contribution in [0.5, 0.6) is 0 Å². The van der Waals surface area contributed by atoms with E-state index in [4.69, 9.17) is 5.73 Å². The van der Waals surface area contributed by atoms with Gasteiger partial charge in [-0.2, -0.15) is 0 Å². The van der Waals surface area contributed by atoms with Crippen LogP contribution in [0.2, 0.25) is 0 Å². The summed E-state index contributed by atoms with van der Waals surface area (Å²) in [5, 5.41) is 9.48. The van der Waals surface area contributed by atoms with Crippen molar-refractivity contribution in [1.29, 1.82) is 0 Å². The standard InChI is InChI=1S/C11H24N2O/c1-9-5-3-4-6-11(9)13(2)8-10(14)7-12/h9-11,14H,3-8,12H2,1-2H3. The lowest BCUT2D eigenvalue weighted by molar-refractivity contribution is 0.0752. The van der Waals surface area contributed by atoms with Gasteiger partial charge in [-0.05, 0) is 25.8 Å². The molecular formula is C11H24N2O. The van der Waals surface area contributed by atoms with Crippen LogP contribution >= 0.6 is 0 Å². The van der Waals surface area contributed by atoms with Gasteiger partial charge >= 0.3 is 0 Å². The summed E-state index contributed by atoms with van der Waals surface area (Å²) in [6, 6.07) is 0.643. The number of aliphatic hydroxyl groups is 1. The zero-order chi connectivity index (χ0) is 10.6. The molecule has 3 unspecified atom stereocenters. The number of rotatable bonds is 4. The van der Waals surface area contributed by atoms with Gasteiger partial charge in [0.15, 0.2) is 0 Å². The highest BCUT2D eigenvalue weighted by molar-refractivity contribution is 4.80. The van der Waals surface area contributed by atoms with Crippen molar-refractivity contribution in [2.45, 2.75) is 44.8 Å². The number of likely N-dealkylation sites (N-methyl/N-ethyl adjacent to an activating group) is 1. The molecular weight excluding hydrogens is 176 g/mol. The average molecular weight is 200 g/mol. The molecule has 3 N–H and O–H groups in total. The second-order valence-corrected chi connectivity index (χ2v) is 4.66. The summed E-state index contributed by atoms with van der Waals surface area (Å²) in [5.41, 5.74) is 5.41. The second-order valence-electron chi connectivity index (χ2n) is 4.66. The largest absolute Gasteiger partial charge is 0.390 e. The molecule has 3 atom stereocenters. The Hall–Kier alpha value is -0.120. The lowest BCUT2D eigenvalue weighted by Crippen LogP contribution is -2.44. The third-order valence-electron chi connectivity index (χ3n) is 3.40. The van der Waals surface area contributed by atoms with Crippen LogP contribution in [0, 0.1) is 5.92 Å². The van der Waals surface area contributed by atoms with Gasteiger partial charge in [-0.15, -0.1) is 0 Å². The lowest BCUT2D eigenvalue weighted by atomic mass is 9.85. The fraction of sp³-hybridized carbons (Fsp3) is 1.00. The predicted octanol–water partition coefficient (Wildman–Crippen LogP) is 0.817. The predicted molar refractivity (Wildman–Crippen MR) is 59.1 cm³/mol. The molecule has 1 aliphatic carbocycles. The van der Waals surface area contributed by atoms with Gasteiger partial charge in [-0.3, -0.25) is 0 Å². The van der Waals surface area contributed by atoms with E-state index in [0.29, 0.717) is 19.1 Å². The minimum Gasteiger partial charge on any atom is -0.390 e. The van der Waals surface area contributed by atoms with E-state index in [9.17, 15) is 5.11 Å². The molecule has 3 heteroatoms. The van der Waals surface area contributed by atoms with Crippen molar-refractivity contribution < 1.29 is 5.11 Å². The highest BCUT2D eigenvalue weighted by atomic mass is 16.3. The first-order valence-electron chi connectivity index (χ1n) is 5.73. The van der Waals surface area contributed by atoms with Crippen molar-refractivity contribution in [3.8, 4) is 0 Å². The Morgan fingerprint density at radius 2 is 2.07 bits per heavy atom. The topological polar surface area (TPSA) is 49.5 Å². The monoisotopic (exact) mass is 200 g/mol. The van der Waals surface area contributed by atoms with Crippen LogP contribution in [0.25, 0.3) is 0 Å². The summed E-state index contributed by atoms with van der Waals surface area (Å²) < 4.78 is 0. The highest BCUT2D eigenvalue weighted by Gasteiger charge is 2.25. The molecule has 1 fully saturated rings. The van der Waals surface area contributed by atoms with Gasteiger partial charge < -0.3 is 15.7 Å². The van der Waals surface area contributed by atoms with Crippen molar-refractivity contribution in [2.75, 3.05) is 20.1 Å². The molecule has 1 rings (SSSR count). The maximum atomic E-state index is 9.48. The van der Waals surface area contributed by atoms with Crippen molar-refractivity contribution in [2.24, 2.45) is 11.7 Å². The van der Waals surface area contributed by atoms with Crippen molar-refractivity contribution >= 4 is 0 Å². The molecule has 0 aliphatic heterocycles. The Bertz CT molecular complexity index is 163. The third-order valence-corrected chi connectivity index (χ3v) is 3.40. The van der Waals surface area contributed by atoms with E-state index in [1.165, 1.54) is 25.7 Å². The van der Waals surface area contributed by atoms with E-state index >= 15 is 0 Å². The van der Waals surface area contributed by atoms with Crippen molar-refractivity contribution in [3.63, 3.8) is 0 Å². The van der Waals surface area contributed by atoms with E-state index in [1.807, 2.05) is 0 Å². The molecule has 0 bridgehead atoms. The molecule has 84 valence electrons. The number of nitrogens with two attached hydrogens (primary N) is 1.